The monoisotopic (exact) mass is 304 g/mol. The highest BCUT2D eigenvalue weighted by Gasteiger charge is 2.15. The lowest BCUT2D eigenvalue weighted by molar-refractivity contribution is 0.533. The fourth-order valence-corrected chi connectivity index (χ4v) is 3.35. The maximum atomic E-state index is 13.6. The van der Waals surface area contributed by atoms with Crippen molar-refractivity contribution < 1.29 is 8.78 Å². The van der Waals surface area contributed by atoms with Gasteiger partial charge in [0.05, 0.1) is 15.2 Å². The Hall–Kier alpha value is -1.85. The molecule has 0 aliphatic heterocycles. The van der Waals surface area contributed by atoms with Gasteiger partial charge in [0.25, 0.3) is 0 Å². The van der Waals surface area contributed by atoms with Gasteiger partial charge in [-0.15, -0.1) is 11.3 Å². The van der Waals surface area contributed by atoms with Crippen molar-refractivity contribution in [2.45, 2.75) is 18.9 Å². The van der Waals surface area contributed by atoms with Gasteiger partial charge in [0.1, 0.15) is 11.6 Å². The van der Waals surface area contributed by atoms with Crippen LogP contribution in [0, 0.1) is 11.6 Å². The number of aromatic nitrogens is 1. The number of rotatable bonds is 4. The van der Waals surface area contributed by atoms with Crippen molar-refractivity contribution in [1.82, 2.24) is 4.98 Å². The summed E-state index contributed by atoms with van der Waals surface area (Å²) in [6.45, 7) is 0. The molecule has 3 aromatic rings. The first-order chi connectivity index (χ1) is 10.1. The van der Waals surface area contributed by atoms with Crippen LogP contribution in [0.1, 0.15) is 10.6 Å². The molecule has 3 rings (SSSR count). The molecule has 2 aromatic carbocycles. The number of thiazole rings is 1. The number of fused-ring (bicyclic) bond motifs is 1. The Bertz CT molecular complexity index is 717. The average Bonchev–Trinajstić information content (AvgIpc) is 2.85. The summed E-state index contributed by atoms with van der Waals surface area (Å²) in [6.07, 6.45) is 0.668. The van der Waals surface area contributed by atoms with E-state index in [0.29, 0.717) is 6.42 Å². The van der Waals surface area contributed by atoms with Crippen LogP contribution < -0.4 is 5.73 Å². The van der Waals surface area contributed by atoms with Crippen LogP contribution in [-0.2, 0) is 12.8 Å². The van der Waals surface area contributed by atoms with Crippen LogP contribution >= 0.6 is 11.3 Å². The Morgan fingerprint density at radius 2 is 1.71 bits per heavy atom. The summed E-state index contributed by atoms with van der Waals surface area (Å²) in [5.41, 5.74) is 7.01. The molecule has 1 heterocycles. The molecule has 0 saturated carbocycles. The van der Waals surface area contributed by atoms with Crippen molar-refractivity contribution >= 4 is 21.6 Å². The number of benzene rings is 2. The standard InChI is InChI=1S/C16H14F2N2S/c17-12-4-3-5-13(18)11(12)8-10(19)9-16-20-14-6-1-2-7-15(14)21-16/h1-7,10H,8-9,19H2. The Morgan fingerprint density at radius 3 is 2.43 bits per heavy atom. The van der Waals surface area contributed by atoms with E-state index >= 15 is 0 Å². The van der Waals surface area contributed by atoms with E-state index in [1.54, 1.807) is 11.3 Å². The molecule has 1 atom stereocenters. The molecule has 108 valence electrons. The number of halogens is 2. The van der Waals surface area contributed by atoms with Crippen LogP contribution in [0.15, 0.2) is 42.5 Å². The first-order valence-corrected chi connectivity index (χ1v) is 7.48. The molecule has 0 amide bonds. The molecule has 0 saturated heterocycles. The van der Waals surface area contributed by atoms with Crippen LogP contribution in [-0.4, -0.2) is 11.0 Å². The van der Waals surface area contributed by atoms with Gasteiger partial charge in [-0.05, 0) is 30.7 Å². The van der Waals surface area contributed by atoms with E-state index in [0.717, 1.165) is 15.2 Å². The number of hydrogen-bond donors (Lipinski definition) is 1. The summed E-state index contributed by atoms with van der Waals surface area (Å²) in [6, 6.07) is 11.3. The van der Waals surface area contributed by atoms with Crippen molar-refractivity contribution in [1.29, 1.82) is 0 Å². The molecule has 1 unspecified atom stereocenters. The van der Waals surface area contributed by atoms with Gasteiger partial charge in [-0.25, -0.2) is 13.8 Å². The summed E-state index contributed by atoms with van der Waals surface area (Å²) in [4.78, 5) is 4.49. The van der Waals surface area contributed by atoms with Gasteiger partial charge in [0.15, 0.2) is 0 Å². The molecule has 5 heteroatoms. The average molecular weight is 304 g/mol. The maximum absolute atomic E-state index is 13.6. The Labute approximate surface area is 125 Å². The Balaban J connectivity index is 1.75. The molecule has 1 aromatic heterocycles. The molecule has 0 radical (unpaired) electrons. The second-order valence-electron chi connectivity index (χ2n) is 4.94. The lowest BCUT2D eigenvalue weighted by atomic mass is 10.0. The van der Waals surface area contributed by atoms with E-state index in [9.17, 15) is 8.78 Å². The van der Waals surface area contributed by atoms with Crippen molar-refractivity contribution in [3.8, 4) is 0 Å². The number of para-hydroxylation sites is 1. The SMILES string of the molecule is NC(Cc1nc2ccccc2s1)Cc1c(F)cccc1F. The zero-order chi connectivity index (χ0) is 14.8. The smallest absolute Gasteiger partial charge is 0.129 e. The van der Waals surface area contributed by atoms with Crippen LogP contribution in [0.2, 0.25) is 0 Å². The molecule has 0 aliphatic rings. The van der Waals surface area contributed by atoms with Gasteiger partial charge in [-0.1, -0.05) is 18.2 Å². The van der Waals surface area contributed by atoms with Gasteiger partial charge in [-0.2, -0.15) is 0 Å². The summed E-state index contributed by atoms with van der Waals surface area (Å²) in [5, 5.41) is 0.889. The summed E-state index contributed by atoms with van der Waals surface area (Å²) in [7, 11) is 0. The first-order valence-electron chi connectivity index (χ1n) is 6.66. The molecule has 2 N–H and O–H groups in total. The maximum Gasteiger partial charge on any atom is 0.129 e. The van der Waals surface area contributed by atoms with Gasteiger partial charge < -0.3 is 5.73 Å². The Morgan fingerprint density at radius 1 is 1.00 bits per heavy atom. The third-order valence-corrected chi connectivity index (χ3v) is 4.36. The predicted molar refractivity (Wildman–Crippen MR) is 81.4 cm³/mol. The number of nitrogens with two attached hydrogens (primary N) is 1. The van der Waals surface area contributed by atoms with E-state index in [1.165, 1.54) is 18.2 Å². The number of nitrogens with zero attached hydrogens (tertiary/aromatic N) is 1. The van der Waals surface area contributed by atoms with Crippen molar-refractivity contribution in [3.05, 3.63) is 64.7 Å². The third-order valence-electron chi connectivity index (χ3n) is 3.30. The largest absolute Gasteiger partial charge is 0.327 e. The van der Waals surface area contributed by atoms with E-state index < -0.39 is 11.6 Å². The summed E-state index contributed by atoms with van der Waals surface area (Å²) in [5.74, 6) is -1.09. The normalized spacial score (nSPS) is 12.7. The second kappa shape index (κ2) is 5.87. The predicted octanol–water partition coefficient (Wildman–Crippen LogP) is 3.69. The summed E-state index contributed by atoms with van der Waals surface area (Å²) < 4.78 is 28.3. The highest BCUT2D eigenvalue weighted by Crippen LogP contribution is 2.23. The van der Waals surface area contributed by atoms with Crippen LogP contribution in [0.3, 0.4) is 0 Å². The highest BCUT2D eigenvalue weighted by molar-refractivity contribution is 7.18. The topological polar surface area (TPSA) is 38.9 Å². The molecule has 21 heavy (non-hydrogen) atoms. The fraction of sp³-hybridized carbons (Fsp3) is 0.188. The molecular weight excluding hydrogens is 290 g/mol. The quantitative estimate of drug-likeness (QED) is 0.798. The zero-order valence-corrected chi connectivity index (χ0v) is 12.0. The lowest BCUT2D eigenvalue weighted by Crippen LogP contribution is -2.26. The van der Waals surface area contributed by atoms with Crippen molar-refractivity contribution in [2.75, 3.05) is 0 Å². The van der Waals surface area contributed by atoms with E-state index in [4.69, 9.17) is 5.73 Å². The minimum atomic E-state index is -0.547. The molecular formula is C16H14F2N2S. The molecule has 0 fully saturated rings. The molecule has 0 aliphatic carbocycles. The highest BCUT2D eigenvalue weighted by atomic mass is 32.1. The zero-order valence-electron chi connectivity index (χ0n) is 11.2. The molecule has 2 nitrogen and oxygen atoms in total. The van der Waals surface area contributed by atoms with Crippen molar-refractivity contribution in [3.63, 3.8) is 0 Å². The van der Waals surface area contributed by atoms with Gasteiger partial charge in [-0.3, -0.25) is 0 Å². The van der Waals surface area contributed by atoms with Gasteiger partial charge >= 0.3 is 0 Å². The van der Waals surface area contributed by atoms with E-state index in [2.05, 4.69) is 4.98 Å². The third kappa shape index (κ3) is 3.09. The fourth-order valence-electron chi connectivity index (χ4n) is 2.29. The summed E-state index contributed by atoms with van der Waals surface area (Å²) >= 11 is 1.57. The van der Waals surface area contributed by atoms with E-state index in [1.807, 2.05) is 24.3 Å². The first kappa shape index (κ1) is 14.1. The van der Waals surface area contributed by atoms with Crippen LogP contribution in [0.5, 0.6) is 0 Å². The second-order valence-corrected chi connectivity index (χ2v) is 6.06. The van der Waals surface area contributed by atoms with Crippen molar-refractivity contribution in [2.24, 2.45) is 5.73 Å². The minimum absolute atomic E-state index is 0.0473. The number of hydrogen-bond acceptors (Lipinski definition) is 3. The lowest BCUT2D eigenvalue weighted by Gasteiger charge is -2.11. The van der Waals surface area contributed by atoms with Gasteiger partial charge in [0, 0.05) is 18.0 Å². The molecule has 0 bridgehead atoms. The Kier molecular flexibility index (Phi) is 3.94. The van der Waals surface area contributed by atoms with Gasteiger partial charge in [0.2, 0.25) is 0 Å². The minimum Gasteiger partial charge on any atom is -0.327 e. The van der Waals surface area contributed by atoms with Crippen LogP contribution in [0.4, 0.5) is 8.78 Å². The van der Waals surface area contributed by atoms with E-state index in [-0.39, 0.29) is 18.0 Å². The molecule has 0 spiro atoms. The van der Waals surface area contributed by atoms with Crippen LogP contribution in [0.25, 0.3) is 10.2 Å².